The molecule has 0 atom stereocenters. The second kappa shape index (κ2) is 3.75. The van der Waals surface area contributed by atoms with E-state index in [1.54, 1.807) is 22.9 Å². The van der Waals surface area contributed by atoms with Crippen LogP contribution in [0.2, 0.25) is 0 Å². The first kappa shape index (κ1) is 9.59. The van der Waals surface area contributed by atoms with Crippen LogP contribution < -0.4 is 5.76 Å². The van der Waals surface area contributed by atoms with Crippen LogP contribution in [0, 0.1) is 0 Å². The van der Waals surface area contributed by atoms with Crippen molar-refractivity contribution in [2.75, 3.05) is 13.1 Å². The predicted molar refractivity (Wildman–Crippen MR) is 59.1 cm³/mol. The summed E-state index contributed by atoms with van der Waals surface area (Å²) in [6, 6.07) is 3.54. The molecule has 0 unspecified atom stereocenters. The van der Waals surface area contributed by atoms with Crippen molar-refractivity contribution in [1.82, 2.24) is 14.5 Å². The lowest BCUT2D eigenvalue weighted by molar-refractivity contribution is 0.262. The van der Waals surface area contributed by atoms with Crippen LogP contribution in [-0.4, -0.2) is 27.5 Å². The summed E-state index contributed by atoms with van der Waals surface area (Å²) in [7, 11) is 0. The number of fused-ring (bicyclic) bond motifs is 1. The average Bonchev–Trinajstić information content (AvgIpc) is 2.89. The number of hydrogen-bond donors (Lipinski definition) is 0. The van der Waals surface area contributed by atoms with Gasteiger partial charge < -0.3 is 4.42 Å². The summed E-state index contributed by atoms with van der Waals surface area (Å²) in [4.78, 5) is 18.1. The summed E-state index contributed by atoms with van der Waals surface area (Å²) in [5.41, 5.74) is 1.20. The van der Waals surface area contributed by atoms with Crippen molar-refractivity contribution in [3.8, 4) is 0 Å². The van der Waals surface area contributed by atoms with Crippen LogP contribution in [0.15, 0.2) is 27.5 Å². The molecular formula is C11H13N3O2. The van der Waals surface area contributed by atoms with Crippen molar-refractivity contribution in [2.24, 2.45) is 0 Å². The predicted octanol–water partition coefficient (Wildman–Crippen LogP) is 1.04. The summed E-state index contributed by atoms with van der Waals surface area (Å²) in [5.74, 6) is -0.319. The molecule has 0 aromatic carbocycles. The van der Waals surface area contributed by atoms with E-state index < -0.39 is 0 Å². The molecule has 0 spiro atoms. The molecule has 5 nitrogen and oxygen atoms in total. The van der Waals surface area contributed by atoms with Crippen LogP contribution in [0.4, 0.5) is 0 Å². The molecule has 1 fully saturated rings. The fourth-order valence-electron chi connectivity index (χ4n) is 2.15. The molecule has 1 saturated heterocycles. The maximum Gasteiger partial charge on any atom is 0.422 e. The van der Waals surface area contributed by atoms with Gasteiger partial charge in [0.15, 0.2) is 11.2 Å². The van der Waals surface area contributed by atoms with Crippen LogP contribution in [0.3, 0.4) is 0 Å². The minimum atomic E-state index is -0.319. The van der Waals surface area contributed by atoms with Crippen molar-refractivity contribution >= 4 is 11.2 Å². The van der Waals surface area contributed by atoms with Gasteiger partial charge in [0.05, 0.1) is 6.67 Å². The van der Waals surface area contributed by atoms with Gasteiger partial charge in [-0.05, 0) is 38.1 Å². The first-order valence-electron chi connectivity index (χ1n) is 5.51. The molecule has 1 aliphatic rings. The van der Waals surface area contributed by atoms with E-state index in [0.29, 0.717) is 17.9 Å². The third-order valence-corrected chi connectivity index (χ3v) is 2.96. The van der Waals surface area contributed by atoms with E-state index >= 15 is 0 Å². The minimum Gasteiger partial charge on any atom is -0.406 e. The molecule has 5 heteroatoms. The van der Waals surface area contributed by atoms with Gasteiger partial charge in [0.1, 0.15) is 0 Å². The first-order chi connectivity index (χ1) is 7.84. The number of oxazole rings is 1. The summed E-state index contributed by atoms with van der Waals surface area (Å²) >= 11 is 0. The lowest BCUT2D eigenvalue weighted by atomic mass is 10.4. The van der Waals surface area contributed by atoms with Gasteiger partial charge in [-0.3, -0.25) is 4.90 Å². The van der Waals surface area contributed by atoms with E-state index in [0.717, 1.165) is 13.1 Å². The maximum atomic E-state index is 11.7. The highest BCUT2D eigenvalue weighted by molar-refractivity contribution is 5.67. The third kappa shape index (κ3) is 1.53. The molecule has 0 saturated carbocycles. The van der Waals surface area contributed by atoms with Crippen LogP contribution >= 0.6 is 0 Å². The molecule has 3 rings (SSSR count). The number of pyridine rings is 1. The largest absolute Gasteiger partial charge is 0.422 e. The van der Waals surface area contributed by atoms with E-state index in [4.69, 9.17) is 4.42 Å². The van der Waals surface area contributed by atoms with Crippen molar-refractivity contribution in [2.45, 2.75) is 19.5 Å². The minimum absolute atomic E-state index is 0.319. The zero-order chi connectivity index (χ0) is 11.0. The van der Waals surface area contributed by atoms with Gasteiger partial charge in [-0.1, -0.05) is 0 Å². The number of aromatic nitrogens is 2. The van der Waals surface area contributed by atoms with Crippen molar-refractivity contribution < 1.29 is 4.42 Å². The fraction of sp³-hybridized carbons (Fsp3) is 0.455. The highest BCUT2D eigenvalue weighted by Crippen LogP contribution is 2.12. The van der Waals surface area contributed by atoms with Crippen LogP contribution in [0.5, 0.6) is 0 Å². The number of rotatable bonds is 2. The lowest BCUT2D eigenvalue weighted by Gasteiger charge is -2.13. The van der Waals surface area contributed by atoms with E-state index in [1.807, 2.05) is 0 Å². The molecule has 0 bridgehead atoms. The highest BCUT2D eigenvalue weighted by atomic mass is 16.4. The van der Waals surface area contributed by atoms with E-state index in [2.05, 4.69) is 9.88 Å². The molecule has 1 aliphatic heterocycles. The fourth-order valence-corrected chi connectivity index (χ4v) is 2.15. The van der Waals surface area contributed by atoms with Crippen LogP contribution in [-0.2, 0) is 6.67 Å². The van der Waals surface area contributed by atoms with Gasteiger partial charge in [0, 0.05) is 6.20 Å². The second-order valence-corrected chi connectivity index (χ2v) is 4.09. The molecule has 0 N–H and O–H groups in total. The Balaban J connectivity index is 2.01. The maximum absolute atomic E-state index is 11.7. The molecule has 0 amide bonds. The summed E-state index contributed by atoms with van der Waals surface area (Å²) < 4.78 is 6.73. The molecule has 2 aromatic heterocycles. The number of hydrogen-bond acceptors (Lipinski definition) is 4. The number of nitrogens with zero attached hydrogens (tertiary/aromatic N) is 3. The zero-order valence-electron chi connectivity index (χ0n) is 8.93. The quantitative estimate of drug-likeness (QED) is 0.757. The van der Waals surface area contributed by atoms with Crippen LogP contribution in [0.25, 0.3) is 11.2 Å². The van der Waals surface area contributed by atoms with Crippen LogP contribution in [0.1, 0.15) is 12.8 Å². The Morgan fingerprint density at radius 1 is 1.38 bits per heavy atom. The molecule has 0 aliphatic carbocycles. The van der Waals surface area contributed by atoms with E-state index in [1.165, 1.54) is 12.8 Å². The summed E-state index contributed by atoms with van der Waals surface area (Å²) in [5, 5.41) is 0. The van der Waals surface area contributed by atoms with Gasteiger partial charge in [-0.2, -0.15) is 0 Å². The topological polar surface area (TPSA) is 51.3 Å². The SMILES string of the molecule is O=c1oc2cccnc2n1CN1CCCC1. The monoisotopic (exact) mass is 219 g/mol. The van der Waals surface area contributed by atoms with Gasteiger partial charge in [0.2, 0.25) is 0 Å². The smallest absolute Gasteiger partial charge is 0.406 e. The molecule has 2 aromatic rings. The second-order valence-electron chi connectivity index (χ2n) is 4.09. The van der Waals surface area contributed by atoms with E-state index in [9.17, 15) is 4.79 Å². The van der Waals surface area contributed by atoms with Gasteiger partial charge in [-0.15, -0.1) is 0 Å². The Morgan fingerprint density at radius 2 is 2.19 bits per heavy atom. The molecule has 16 heavy (non-hydrogen) atoms. The normalized spacial score (nSPS) is 17.2. The number of likely N-dealkylation sites (tertiary alicyclic amines) is 1. The molecule has 0 radical (unpaired) electrons. The lowest BCUT2D eigenvalue weighted by Crippen LogP contribution is -2.28. The van der Waals surface area contributed by atoms with Crippen molar-refractivity contribution in [3.63, 3.8) is 0 Å². The molecule has 3 heterocycles. The Hall–Kier alpha value is -1.62. The average molecular weight is 219 g/mol. The Kier molecular flexibility index (Phi) is 2.25. The van der Waals surface area contributed by atoms with Crippen molar-refractivity contribution in [1.29, 1.82) is 0 Å². The zero-order valence-corrected chi connectivity index (χ0v) is 8.93. The first-order valence-corrected chi connectivity index (χ1v) is 5.51. The Labute approximate surface area is 92.3 Å². The highest BCUT2D eigenvalue weighted by Gasteiger charge is 2.16. The molecular weight excluding hydrogens is 206 g/mol. The Bertz CT molecular complexity index is 552. The van der Waals surface area contributed by atoms with Gasteiger partial charge in [-0.25, -0.2) is 14.3 Å². The van der Waals surface area contributed by atoms with Crippen molar-refractivity contribution in [3.05, 3.63) is 28.9 Å². The van der Waals surface area contributed by atoms with Gasteiger partial charge >= 0.3 is 5.76 Å². The standard InChI is InChI=1S/C11H13N3O2/c15-11-14(8-13-6-1-2-7-13)10-9(16-11)4-3-5-12-10/h3-5H,1-2,6-8H2. The Morgan fingerprint density at radius 3 is 3.00 bits per heavy atom. The summed E-state index contributed by atoms with van der Waals surface area (Å²) in [6.45, 7) is 2.68. The third-order valence-electron chi connectivity index (χ3n) is 2.96. The summed E-state index contributed by atoms with van der Waals surface area (Å²) in [6.07, 6.45) is 4.09. The molecule has 84 valence electrons. The van der Waals surface area contributed by atoms with Gasteiger partial charge in [0.25, 0.3) is 0 Å². The van der Waals surface area contributed by atoms with E-state index in [-0.39, 0.29) is 5.76 Å².